The van der Waals surface area contributed by atoms with Crippen LogP contribution in [-0.2, 0) is 10.3 Å². The first-order chi connectivity index (χ1) is 12.0. The van der Waals surface area contributed by atoms with Gasteiger partial charge < -0.3 is 14.7 Å². The van der Waals surface area contributed by atoms with Crippen molar-refractivity contribution in [3.05, 3.63) is 34.4 Å². The molecule has 26 heavy (non-hydrogen) atoms. The minimum Gasteiger partial charge on any atom is -0.444 e. The van der Waals surface area contributed by atoms with E-state index in [9.17, 15) is 9.90 Å². The number of carbonyl (C=O) groups excluding carboxylic acids is 1. The molecule has 0 aromatic heterocycles. The number of hydrogen-bond acceptors (Lipinski definition) is 4. The first-order valence-corrected chi connectivity index (χ1v) is 9.29. The van der Waals surface area contributed by atoms with Crippen LogP contribution in [0.1, 0.15) is 68.7 Å². The number of hydrogen-bond donors (Lipinski definition) is 1. The Balaban J connectivity index is 1.89. The van der Waals surface area contributed by atoms with E-state index >= 15 is 0 Å². The molecule has 2 saturated heterocycles. The van der Waals surface area contributed by atoms with Gasteiger partial charge in [0.15, 0.2) is 0 Å². The minimum absolute atomic E-state index is 0.0111. The highest BCUT2D eigenvalue weighted by Crippen LogP contribution is 2.47. The summed E-state index contributed by atoms with van der Waals surface area (Å²) in [5.74, 6) is 0. The third kappa shape index (κ3) is 3.31. The van der Waals surface area contributed by atoms with Gasteiger partial charge in [-0.05, 0) is 76.3 Å². The summed E-state index contributed by atoms with van der Waals surface area (Å²) in [4.78, 5) is 14.5. The fourth-order valence-electron chi connectivity index (χ4n) is 4.80. The number of benzene rings is 1. The highest BCUT2D eigenvalue weighted by Gasteiger charge is 2.51. The first kappa shape index (κ1) is 18.7. The SMILES string of the molecule is Cc1cc(C#N)cc(C)c1C1(O)CC2CCC(C1)N2C(=O)OC(C)(C)C. The maximum atomic E-state index is 12.6. The van der Waals surface area contributed by atoms with Crippen LogP contribution >= 0.6 is 0 Å². The highest BCUT2D eigenvalue weighted by molar-refractivity contribution is 5.70. The highest BCUT2D eigenvalue weighted by atomic mass is 16.6. The second-order valence-electron chi connectivity index (χ2n) is 8.81. The molecule has 0 spiro atoms. The maximum absolute atomic E-state index is 12.6. The molecule has 5 nitrogen and oxygen atoms in total. The predicted molar refractivity (Wildman–Crippen MR) is 98.6 cm³/mol. The predicted octanol–water partition coefficient (Wildman–Crippen LogP) is 3.92. The van der Waals surface area contributed by atoms with E-state index in [1.165, 1.54) is 0 Å². The van der Waals surface area contributed by atoms with Crippen molar-refractivity contribution in [2.24, 2.45) is 0 Å². The van der Waals surface area contributed by atoms with Gasteiger partial charge in [-0.15, -0.1) is 0 Å². The van der Waals surface area contributed by atoms with Gasteiger partial charge in [0, 0.05) is 24.9 Å². The number of nitrogens with zero attached hydrogens (tertiary/aromatic N) is 2. The molecule has 2 bridgehead atoms. The second kappa shape index (κ2) is 6.28. The van der Waals surface area contributed by atoms with E-state index < -0.39 is 11.2 Å². The number of aliphatic hydroxyl groups is 1. The lowest BCUT2D eigenvalue weighted by Gasteiger charge is -2.45. The summed E-state index contributed by atoms with van der Waals surface area (Å²) in [6.45, 7) is 9.51. The first-order valence-electron chi connectivity index (χ1n) is 9.29. The molecule has 2 aliphatic rings. The molecule has 3 rings (SSSR count). The van der Waals surface area contributed by atoms with Crippen LogP contribution in [0.25, 0.3) is 0 Å². The summed E-state index contributed by atoms with van der Waals surface area (Å²) in [5.41, 5.74) is 1.92. The Morgan fingerprint density at radius 2 is 1.73 bits per heavy atom. The second-order valence-corrected chi connectivity index (χ2v) is 8.81. The van der Waals surface area contributed by atoms with Gasteiger partial charge in [-0.1, -0.05) is 0 Å². The van der Waals surface area contributed by atoms with Crippen LogP contribution in [0.4, 0.5) is 4.79 Å². The molecule has 2 atom stereocenters. The third-order valence-electron chi connectivity index (χ3n) is 5.50. The lowest BCUT2D eigenvalue weighted by Crippen LogP contribution is -2.53. The van der Waals surface area contributed by atoms with Crippen molar-refractivity contribution in [1.82, 2.24) is 4.90 Å². The van der Waals surface area contributed by atoms with Crippen molar-refractivity contribution in [3.8, 4) is 6.07 Å². The average molecular weight is 356 g/mol. The van der Waals surface area contributed by atoms with Crippen LogP contribution in [0.15, 0.2) is 12.1 Å². The Kier molecular flexibility index (Phi) is 4.52. The van der Waals surface area contributed by atoms with Crippen molar-refractivity contribution in [2.45, 2.75) is 83.6 Å². The van der Waals surface area contributed by atoms with Gasteiger partial charge in [0.25, 0.3) is 0 Å². The normalized spacial score (nSPS) is 28.0. The van der Waals surface area contributed by atoms with E-state index in [1.54, 1.807) is 0 Å². The van der Waals surface area contributed by atoms with Crippen LogP contribution < -0.4 is 0 Å². The fraction of sp³-hybridized carbons (Fsp3) is 0.619. The van der Waals surface area contributed by atoms with Gasteiger partial charge >= 0.3 is 6.09 Å². The number of ether oxygens (including phenoxy) is 1. The van der Waals surface area contributed by atoms with Crippen LogP contribution in [0, 0.1) is 25.2 Å². The zero-order valence-corrected chi connectivity index (χ0v) is 16.3. The molecule has 0 aliphatic carbocycles. The number of piperidine rings is 1. The Morgan fingerprint density at radius 1 is 1.23 bits per heavy atom. The molecule has 5 heteroatoms. The summed E-state index contributed by atoms with van der Waals surface area (Å²) in [6, 6.07) is 5.82. The van der Waals surface area contributed by atoms with E-state index in [2.05, 4.69) is 6.07 Å². The van der Waals surface area contributed by atoms with E-state index in [1.807, 2.05) is 51.7 Å². The number of rotatable bonds is 1. The molecule has 1 aromatic carbocycles. The third-order valence-corrected chi connectivity index (χ3v) is 5.50. The summed E-state index contributed by atoms with van der Waals surface area (Å²) in [6.07, 6.45) is 2.52. The van der Waals surface area contributed by atoms with Crippen molar-refractivity contribution < 1.29 is 14.6 Å². The summed E-state index contributed by atoms with van der Waals surface area (Å²) >= 11 is 0. The number of carbonyl (C=O) groups is 1. The molecular weight excluding hydrogens is 328 g/mol. The van der Waals surface area contributed by atoms with Gasteiger partial charge in [-0.2, -0.15) is 5.26 Å². The van der Waals surface area contributed by atoms with E-state index in [-0.39, 0.29) is 18.2 Å². The lowest BCUT2D eigenvalue weighted by atomic mass is 9.76. The molecule has 2 aliphatic heterocycles. The molecule has 0 saturated carbocycles. The van der Waals surface area contributed by atoms with Crippen LogP contribution in [0.2, 0.25) is 0 Å². The topological polar surface area (TPSA) is 73.6 Å². The Morgan fingerprint density at radius 3 is 2.15 bits per heavy atom. The Hall–Kier alpha value is -2.06. The van der Waals surface area contributed by atoms with E-state index in [0.717, 1.165) is 29.5 Å². The van der Waals surface area contributed by atoms with E-state index in [0.29, 0.717) is 18.4 Å². The molecule has 1 amide bonds. The van der Waals surface area contributed by atoms with Gasteiger partial charge in [-0.25, -0.2) is 4.79 Å². The number of nitriles is 1. The van der Waals surface area contributed by atoms with Gasteiger partial charge in [0.1, 0.15) is 5.60 Å². The molecule has 1 aromatic rings. The molecule has 140 valence electrons. The van der Waals surface area contributed by atoms with Crippen LogP contribution in [0.3, 0.4) is 0 Å². The molecule has 2 heterocycles. The number of fused-ring (bicyclic) bond motifs is 2. The molecule has 2 unspecified atom stereocenters. The quantitative estimate of drug-likeness (QED) is 0.827. The lowest BCUT2D eigenvalue weighted by molar-refractivity contribution is -0.0630. The van der Waals surface area contributed by atoms with Gasteiger partial charge in [0.2, 0.25) is 0 Å². The summed E-state index contributed by atoms with van der Waals surface area (Å²) < 4.78 is 5.58. The maximum Gasteiger partial charge on any atom is 0.410 e. The number of amides is 1. The van der Waals surface area contributed by atoms with Crippen molar-refractivity contribution in [1.29, 1.82) is 5.26 Å². The zero-order valence-electron chi connectivity index (χ0n) is 16.3. The smallest absolute Gasteiger partial charge is 0.410 e. The van der Waals surface area contributed by atoms with Crippen LogP contribution in [0.5, 0.6) is 0 Å². The molecule has 0 radical (unpaired) electrons. The largest absolute Gasteiger partial charge is 0.444 e. The molecule has 1 N–H and O–H groups in total. The fourth-order valence-corrected chi connectivity index (χ4v) is 4.80. The number of aryl methyl sites for hydroxylation is 2. The van der Waals surface area contributed by atoms with Crippen molar-refractivity contribution in [3.63, 3.8) is 0 Å². The van der Waals surface area contributed by atoms with E-state index in [4.69, 9.17) is 10.00 Å². The van der Waals surface area contributed by atoms with Crippen molar-refractivity contribution in [2.75, 3.05) is 0 Å². The summed E-state index contributed by atoms with van der Waals surface area (Å²) in [7, 11) is 0. The minimum atomic E-state index is -0.966. The van der Waals surface area contributed by atoms with Gasteiger partial charge in [0.05, 0.1) is 17.2 Å². The zero-order chi connectivity index (χ0) is 19.3. The van der Waals surface area contributed by atoms with Gasteiger partial charge in [-0.3, -0.25) is 0 Å². The molecule has 2 fully saturated rings. The van der Waals surface area contributed by atoms with Crippen molar-refractivity contribution >= 4 is 6.09 Å². The monoisotopic (exact) mass is 356 g/mol. The average Bonchev–Trinajstić information content (AvgIpc) is 2.77. The Labute approximate surface area is 155 Å². The van der Waals surface area contributed by atoms with Crippen LogP contribution in [-0.4, -0.2) is 33.8 Å². The molecular formula is C21H28N2O3. The summed E-state index contributed by atoms with van der Waals surface area (Å²) in [5, 5.41) is 20.7. The Bertz CT molecular complexity index is 735. The standard InChI is InChI=1S/C21H28N2O3/c1-13-8-15(12-22)9-14(2)18(13)21(25)10-16-6-7-17(11-21)23(16)19(24)26-20(3,4)5/h8-9,16-17,25H,6-7,10-11H2,1-5H3.